The first kappa shape index (κ1) is 19.0. The number of nitrogens with one attached hydrogen (secondary N) is 1. The fraction of sp³-hybridized carbons (Fsp3) is 0.818. The van der Waals surface area contributed by atoms with E-state index in [2.05, 4.69) is 26.7 Å². The van der Waals surface area contributed by atoms with E-state index < -0.39 is 0 Å². The van der Waals surface area contributed by atoms with Gasteiger partial charge in [-0.3, -0.25) is 9.69 Å². The quantitative estimate of drug-likeness (QED) is 0.793. The molecule has 3 heterocycles. The largest absolute Gasteiger partial charge is 0.345 e. The molecule has 1 saturated carbocycles. The predicted molar refractivity (Wildman–Crippen MR) is 107 cm³/mol. The highest BCUT2D eigenvalue weighted by Crippen LogP contribution is 2.32. The lowest BCUT2D eigenvalue weighted by Gasteiger charge is -2.47. The molecule has 1 aliphatic carbocycles. The number of aromatic amines is 1. The molecule has 2 aliphatic heterocycles. The van der Waals surface area contributed by atoms with Crippen LogP contribution in [0.15, 0.2) is 6.20 Å². The second-order valence-electron chi connectivity index (χ2n) is 9.04. The summed E-state index contributed by atoms with van der Waals surface area (Å²) in [7, 11) is 0. The van der Waals surface area contributed by atoms with E-state index in [1.165, 1.54) is 37.2 Å². The number of hydrogen-bond donors (Lipinski definition) is 1. The molecule has 150 valence electrons. The normalized spacial score (nSPS) is 27.3. The molecule has 2 unspecified atom stereocenters. The molecule has 5 heteroatoms. The second-order valence-corrected chi connectivity index (χ2v) is 9.04. The van der Waals surface area contributed by atoms with Gasteiger partial charge in [-0.15, -0.1) is 0 Å². The number of aromatic nitrogens is 2. The summed E-state index contributed by atoms with van der Waals surface area (Å²) in [5.41, 5.74) is 1.26. The number of amides is 1. The van der Waals surface area contributed by atoms with Crippen molar-refractivity contribution in [2.24, 2.45) is 11.8 Å². The van der Waals surface area contributed by atoms with Crippen LogP contribution in [-0.2, 0) is 17.8 Å². The number of rotatable bonds is 7. The van der Waals surface area contributed by atoms with Crippen molar-refractivity contribution in [1.29, 1.82) is 0 Å². The zero-order valence-corrected chi connectivity index (χ0v) is 17.0. The van der Waals surface area contributed by atoms with Gasteiger partial charge in [0.25, 0.3) is 0 Å². The average Bonchev–Trinajstić information content (AvgIpc) is 3.34. The number of unbranched alkanes of at least 4 members (excludes halogenated alkanes) is 1. The number of hydrogen-bond acceptors (Lipinski definition) is 3. The van der Waals surface area contributed by atoms with E-state index in [9.17, 15) is 4.79 Å². The van der Waals surface area contributed by atoms with Gasteiger partial charge >= 0.3 is 0 Å². The summed E-state index contributed by atoms with van der Waals surface area (Å²) in [5.74, 6) is 3.06. The Hall–Kier alpha value is -1.36. The van der Waals surface area contributed by atoms with Gasteiger partial charge in [-0.2, -0.15) is 0 Å². The van der Waals surface area contributed by atoms with Gasteiger partial charge in [-0.25, -0.2) is 4.98 Å². The first-order valence-corrected chi connectivity index (χ1v) is 11.3. The monoisotopic (exact) mass is 372 g/mol. The van der Waals surface area contributed by atoms with Gasteiger partial charge in [0, 0.05) is 57.0 Å². The van der Waals surface area contributed by atoms with Crippen molar-refractivity contribution < 1.29 is 4.79 Å². The SMILES string of the molecule is CCCCN1C(=O)CCC2CN(Cc3cnc(CC4CCCC4)[nH]3)CCC21. The maximum Gasteiger partial charge on any atom is 0.222 e. The van der Waals surface area contributed by atoms with Crippen LogP contribution in [0.3, 0.4) is 0 Å². The molecule has 0 bridgehead atoms. The van der Waals surface area contributed by atoms with Crippen molar-refractivity contribution in [1.82, 2.24) is 19.8 Å². The number of fused-ring (bicyclic) bond motifs is 1. The fourth-order valence-corrected chi connectivity index (χ4v) is 5.51. The number of nitrogens with zero attached hydrogens (tertiary/aromatic N) is 3. The molecule has 0 spiro atoms. The lowest BCUT2D eigenvalue weighted by molar-refractivity contribution is -0.141. The van der Waals surface area contributed by atoms with Crippen LogP contribution in [0.2, 0.25) is 0 Å². The van der Waals surface area contributed by atoms with E-state index in [1.54, 1.807) is 0 Å². The van der Waals surface area contributed by atoms with Crippen molar-refractivity contribution in [3.8, 4) is 0 Å². The number of carbonyl (C=O) groups is 1. The molecular weight excluding hydrogens is 336 g/mol. The van der Waals surface area contributed by atoms with Gasteiger partial charge in [-0.05, 0) is 31.1 Å². The third-order valence-corrected chi connectivity index (χ3v) is 7.01. The van der Waals surface area contributed by atoms with E-state index in [1.807, 2.05) is 6.20 Å². The molecule has 0 radical (unpaired) electrons. The summed E-state index contributed by atoms with van der Waals surface area (Å²) in [6.45, 7) is 6.36. The summed E-state index contributed by atoms with van der Waals surface area (Å²) in [6.07, 6.45) is 14.0. The molecule has 2 atom stereocenters. The van der Waals surface area contributed by atoms with E-state index >= 15 is 0 Å². The van der Waals surface area contributed by atoms with E-state index in [4.69, 9.17) is 0 Å². The zero-order valence-electron chi connectivity index (χ0n) is 17.0. The Balaban J connectivity index is 1.30. The molecule has 3 aliphatic rings. The molecule has 2 saturated heterocycles. The molecule has 1 N–H and O–H groups in total. The minimum Gasteiger partial charge on any atom is -0.345 e. The van der Waals surface area contributed by atoms with E-state index in [0.717, 1.165) is 70.6 Å². The number of likely N-dealkylation sites (tertiary alicyclic amines) is 2. The van der Waals surface area contributed by atoms with Crippen molar-refractivity contribution in [2.45, 2.75) is 83.7 Å². The summed E-state index contributed by atoms with van der Waals surface area (Å²) in [4.78, 5) is 25.4. The van der Waals surface area contributed by atoms with Crippen LogP contribution in [0, 0.1) is 11.8 Å². The number of piperidine rings is 2. The van der Waals surface area contributed by atoms with Crippen LogP contribution >= 0.6 is 0 Å². The van der Waals surface area contributed by atoms with Crippen LogP contribution in [0.5, 0.6) is 0 Å². The molecular formula is C22H36N4O. The van der Waals surface area contributed by atoms with Gasteiger partial charge < -0.3 is 9.88 Å². The Morgan fingerprint density at radius 3 is 2.89 bits per heavy atom. The van der Waals surface area contributed by atoms with Crippen LogP contribution in [-0.4, -0.2) is 51.4 Å². The lowest BCUT2D eigenvalue weighted by atomic mass is 9.83. The van der Waals surface area contributed by atoms with Crippen LogP contribution in [0.25, 0.3) is 0 Å². The Labute approximate surface area is 163 Å². The molecule has 3 fully saturated rings. The highest BCUT2D eigenvalue weighted by atomic mass is 16.2. The Bertz CT molecular complexity index is 622. The van der Waals surface area contributed by atoms with Crippen molar-refractivity contribution in [3.63, 3.8) is 0 Å². The fourth-order valence-electron chi connectivity index (χ4n) is 5.51. The Kier molecular flexibility index (Phi) is 6.16. The first-order chi connectivity index (χ1) is 13.2. The van der Waals surface area contributed by atoms with Crippen LogP contribution in [0.4, 0.5) is 0 Å². The van der Waals surface area contributed by atoms with Gasteiger partial charge in [0.15, 0.2) is 0 Å². The highest BCUT2D eigenvalue weighted by molar-refractivity contribution is 5.77. The predicted octanol–water partition coefficient (Wildman–Crippen LogP) is 3.76. The minimum absolute atomic E-state index is 0.392. The molecule has 4 rings (SSSR count). The number of carbonyl (C=O) groups excluding carboxylic acids is 1. The summed E-state index contributed by atoms with van der Waals surface area (Å²) in [6, 6.07) is 0.480. The maximum absolute atomic E-state index is 12.4. The minimum atomic E-state index is 0.392. The smallest absolute Gasteiger partial charge is 0.222 e. The summed E-state index contributed by atoms with van der Waals surface area (Å²) in [5, 5.41) is 0. The molecule has 1 aromatic rings. The number of imidazole rings is 1. The third-order valence-electron chi connectivity index (χ3n) is 7.01. The summed E-state index contributed by atoms with van der Waals surface area (Å²) >= 11 is 0. The van der Waals surface area contributed by atoms with Gasteiger partial charge in [0.05, 0.1) is 0 Å². The molecule has 1 aromatic heterocycles. The van der Waals surface area contributed by atoms with E-state index in [0.29, 0.717) is 17.9 Å². The van der Waals surface area contributed by atoms with Gasteiger partial charge in [-0.1, -0.05) is 39.0 Å². The average molecular weight is 373 g/mol. The highest BCUT2D eigenvalue weighted by Gasteiger charge is 2.38. The molecule has 27 heavy (non-hydrogen) atoms. The first-order valence-electron chi connectivity index (χ1n) is 11.3. The van der Waals surface area contributed by atoms with Crippen molar-refractivity contribution in [2.75, 3.05) is 19.6 Å². The van der Waals surface area contributed by atoms with Crippen LogP contribution in [0.1, 0.15) is 76.2 Å². The van der Waals surface area contributed by atoms with Gasteiger partial charge in [0.1, 0.15) is 5.82 Å². The third kappa shape index (κ3) is 4.56. The standard InChI is InChI=1S/C22H36N4O/c1-2-3-11-26-20-10-12-25(15-18(20)8-9-22(26)27)16-19-14-23-21(24-19)13-17-6-4-5-7-17/h14,17-18,20H,2-13,15-16H2,1H3,(H,23,24). The van der Waals surface area contributed by atoms with Crippen LogP contribution < -0.4 is 0 Å². The summed E-state index contributed by atoms with van der Waals surface area (Å²) < 4.78 is 0. The molecule has 5 nitrogen and oxygen atoms in total. The molecule has 0 aromatic carbocycles. The Morgan fingerprint density at radius 2 is 2.07 bits per heavy atom. The van der Waals surface area contributed by atoms with Crippen molar-refractivity contribution in [3.05, 3.63) is 17.7 Å². The van der Waals surface area contributed by atoms with Crippen molar-refractivity contribution >= 4 is 5.91 Å². The van der Waals surface area contributed by atoms with Gasteiger partial charge in [0.2, 0.25) is 5.91 Å². The number of H-pyrrole nitrogens is 1. The van der Waals surface area contributed by atoms with E-state index in [-0.39, 0.29) is 0 Å². The lowest BCUT2D eigenvalue weighted by Crippen LogP contribution is -2.55. The zero-order chi connectivity index (χ0) is 18.6. The topological polar surface area (TPSA) is 52.2 Å². The second kappa shape index (κ2) is 8.76. The maximum atomic E-state index is 12.4. The Morgan fingerprint density at radius 1 is 1.22 bits per heavy atom. The molecule has 1 amide bonds.